The molecule has 4 amide bonds. The van der Waals surface area contributed by atoms with Gasteiger partial charge in [-0.1, -0.05) is 0 Å². The summed E-state index contributed by atoms with van der Waals surface area (Å²) in [5.41, 5.74) is 4.73. The quantitative estimate of drug-likeness (QED) is 0.568. The third-order valence-electron chi connectivity index (χ3n) is 1.10. The van der Waals surface area contributed by atoms with E-state index in [0.717, 1.165) is 6.08 Å². The van der Waals surface area contributed by atoms with Crippen LogP contribution in [0, 0.1) is 0 Å². The van der Waals surface area contributed by atoms with E-state index in [0.29, 0.717) is 4.90 Å². The number of amides is 4. The highest BCUT2D eigenvalue weighted by Gasteiger charge is 2.33. The SMILES string of the molecule is NC(=O)N1C(=O)C=C(Br)C1=O. The predicted molar refractivity (Wildman–Crippen MR) is 38.4 cm³/mol. The van der Waals surface area contributed by atoms with Gasteiger partial charge in [-0.25, -0.2) is 4.79 Å². The number of hydrogen-bond acceptors (Lipinski definition) is 3. The van der Waals surface area contributed by atoms with E-state index >= 15 is 0 Å². The van der Waals surface area contributed by atoms with Crippen molar-refractivity contribution in [1.29, 1.82) is 0 Å². The molecule has 0 aliphatic carbocycles. The van der Waals surface area contributed by atoms with E-state index in [1.807, 2.05) is 0 Å². The van der Waals surface area contributed by atoms with Crippen LogP contribution >= 0.6 is 15.9 Å². The van der Waals surface area contributed by atoms with Crippen LogP contribution in [0.5, 0.6) is 0 Å². The van der Waals surface area contributed by atoms with Crippen molar-refractivity contribution >= 4 is 33.8 Å². The number of nitrogens with zero attached hydrogens (tertiary/aromatic N) is 1. The van der Waals surface area contributed by atoms with Gasteiger partial charge in [0, 0.05) is 6.08 Å². The summed E-state index contributed by atoms with van der Waals surface area (Å²) in [6.07, 6.45) is 0.993. The number of hydrogen-bond donors (Lipinski definition) is 1. The summed E-state index contributed by atoms with van der Waals surface area (Å²) in [6.45, 7) is 0. The Kier molecular flexibility index (Phi) is 1.77. The van der Waals surface area contributed by atoms with Crippen molar-refractivity contribution in [2.24, 2.45) is 5.73 Å². The predicted octanol–water partition coefficient (Wildman–Crippen LogP) is -0.287. The van der Waals surface area contributed by atoms with Gasteiger partial charge in [0.2, 0.25) is 0 Å². The van der Waals surface area contributed by atoms with E-state index in [1.54, 1.807) is 0 Å². The van der Waals surface area contributed by atoms with Crippen LogP contribution in [-0.4, -0.2) is 22.7 Å². The lowest BCUT2D eigenvalue weighted by Crippen LogP contribution is -2.40. The average molecular weight is 219 g/mol. The van der Waals surface area contributed by atoms with Gasteiger partial charge in [0.05, 0.1) is 4.48 Å². The van der Waals surface area contributed by atoms with Crippen LogP contribution in [0.2, 0.25) is 0 Å². The number of halogens is 1. The second-order valence-electron chi connectivity index (χ2n) is 1.81. The largest absolute Gasteiger partial charge is 0.351 e. The number of rotatable bonds is 0. The van der Waals surface area contributed by atoms with Gasteiger partial charge in [-0.2, -0.15) is 4.90 Å². The summed E-state index contributed by atoms with van der Waals surface area (Å²) in [5.74, 6) is -1.43. The van der Waals surface area contributed by atoms with Crippen molar-refractivity contribution in [2.45, 2.75) is 0 Å². The van der Waals surface area contributed by atoms with Crippen molar-refractivity contribution in [3.63, 3.8) is 0 Å². The molecule has 0 saturated carbocycles. The molecular weight excluding hydrogens is 216 g/mol. The molecule has 0 fully saturated rings. The van der Waals surface area contributed by atoms with E-state index < -0.39 is 17.8 Å². The molecule has 58 valence electrons. The Balaban J connectivity index is 2.99. The standard InChI is InChI=1S/C5H3BrN2O3/c6-2-1-3(9)8(4(2)10)5(7)11/h1H,(H2,7,11). The number of carbonyl (C=O) groups is 3. The lowest BCUT2D eigenvalue weighted by atomic mass is 10.6. The summed E-state index contributed by atoms with van der Waals surface area (Å²) in [4.78, 5) is 32.4. The fourth-order valence-electron chi connectivity index (χ4n) is 0.650. The minimum Gasteiger partial charge on any atom is -0.351 e. The lowest BCUT2D eigenvalue weighted by molar-refractivity contribution is -0.133. The van der Waals surface area contributed by atoms with Crippen LogP contribution in [0.3, 0.4) is 0 Å². The number of imide groups is 3. The molecule has 0 unspecified atom stereocenters. The molecular formula is C5H3BrN2O3. The van der Waals surface area contributed by atoms with Gasteiger partial charge >= 0.3 is 6.03 Å². The van der Waals surface area contributed by atoms with Gasteiger partial charge in [-0.15, -0.1) is 0 Å². The summed E-state index contributed by atoms with van der Waals surface area (Å²) < 4.78 is 0.0429. The van der Waals surface area contributed by atoms with E-state index in [9.17, 15) is 14.4 Å². The molecule has 0 aromatic heterocycles. The van der Waals surface area contributed by atoms with Crippen LogP contribution in [0.1, 0.15) is 0 Å². The smallest absolute Gasteiger partial charge is 0.328 e. The minimum atomic E-state index is -1.06. The zero-order valence-electron chi connectivity index (χ0n) is 5.20. The van der Waals surface area contributed by atoms with E-state index in [1.165, 1.54) is 0 Å². The third kappa shape index (κ3) is 1.16. The Labute approximate surface area is 70.0 Å². The minimum absolute atomic E-state index is 0.0429. The Morgan fingerprint density at radius 1 is 1.55 bits per heavy atom. The molecule has 1 heterocycles. The van der Waals surface area contributed by atoms with Crippen LogP contribution < -0.4 is 5.73 Å². The third-order valence-corrected chi connectivity index (χ3v) is 1.67. The van der Waals surface area contributed by atoms with E-state index in [4.69, 9.17) is 5.73 Å². The molecule has 0 bridgehead atoms. The Hall–Kier alpha value is -1.17. The van der Waals surface area contributed by atoms with Gasteiger partial charge in [0.25, 0.3) is 11.8 Å². The normalized spacial score (nSPS) is 17.2. The molecule has 0 aromatic rings. The fraction of sp³-hybridized carbons (Fsp3) is 0. The van der Waals surface area contributed by atoms with Crippen molar-refractivity contribution in [3.8, 4) is 0 Å². The van der Waals surface area contributed by atoms with Crippen LogP contribution in [0.15, 0.2) is 10.6 Å². The molecule has 1 aliphatic heterocycles. The van der Waals surface area contributed by atoms with Crippen LogP contribution in [0.25, 0.3) is 0 Å². The first-order valence-corrected chi connectivity index (χ1v) is 3.38. The maximum atomic E-state index is 10.8. The number of carbonyl (C=O) groups excluding carboxylic acids is 3. The molecule has 0 radical (unpaired) electrons. The van der Waals surface area contributed by atoms with E-state index in [2.05, 4.69) is 15.9 Å². The highest BCUT2D eigenvalue weighted by atomic mass is 79.9. The van der Waals surface area contributed by atoms with Crippen molar-refractivity contribution in [2.75, 3.05) is 0 Å². The molecule has 2 N–H and O–H groups in total. The molecule has 1 rings (SSSR count). The topological polar surface area (TPSA) is 80.5 Å². The Morgan fingerprint density at radius 3 is 2.27 bits per heavy atom. The first-order valence-electron chi connectivity index (χ1n) is 2.59. The average Bonchev–Trinajstić information content (AvgIpc) is 2.07. The number of primary amides is 1. The molecule has 0 spiro atoms. The Morgan fingerprint density at radius 2 is 2.09 bits per heavy atom. The molecule has 0 atom stereocenters. The Bertz CT molecular complexity index is 283. The highest BCUT2D eigenvalue weighted by Crippen LogP contribution is 2.17. The second kappa shape index (κ2) is 2.46. The maximum absolute atomic E-state index is 10.8. The van der Waals surface area contributed by atoms with Crippen LogP contribution in [-0.2, 0) is 9.59 Å². The molecule has 11 heavy (non-hydrogen) atoms. The van der Waals surface area contributed by atoms with Crippen molar-refractivity contribution in [1.82, 2.24) is 4.90 Å². The van der Waals surface area contributed by atoms with Gasteiger partial charge in [-0.05, 0) is 15.9 Å². The summed E-state index contributed by atoms with van der Waals surface area (Å²) >= 11 is 2.79. The molecule has 0 aromatic carbocycles. The highest BCUT2D eigenvalue weighted by molar-refractivity contribution is 9.12. The van der Waals surface area contributed by atoms with Crippen molar-refractivity contribution < 1.29 is 14.4 Å². The molecule has 6 heteroatoms. The second-order valence-corrected chi connectivity index (χ2v) is 2.66. The maximum Gasteiger partial charge on any atom is 0.328 e. The summed E-state index contributed by atoms with van der Waals surface area (Å²) in [5, 5.41) is 0. The summed E-state index contributed by atoms with van der Waals surface area (Å²) in [6, 6.07) is -1.06. The van der Waals surface area contributed by atoms with Gasteiger partial charge in [0.15, 0.2) is 0 Å². The van der Waals surface area contributed by atoms with Gasteiger partial charge < -0.3 is 5.73 Å². The first kappa shape index (κ1) is 7.93. The van der Waals surface area contributed by atoms with Crippen molar-refractivity contribution in [3.05, 3.63) is 10.6 Å². The van der Waals surface area contributed by atoms with Crippen LogP contribution in [0.4, 0.5) is 4.79 Å². The zero-order chi connectivity index (χ0) is 8.59. The number of nitrogens with two attached hydrogens (primary N) is 1. The fourth-order valence-corrected chi connectivity index (χ4v) is 1.02. The molecule has 0 saturated heterocycles. The molecule has 1 aliphatic rings. The molecule has 5 nitrogen and oxygen atoms in total. The zero-order valence-corrected chi connectivity index (χ0v) is 6.79. The van der Waals surface area contributed by atoms with Gasteiger partial charge in [-0.3, -0.25) is 9.59 Å². The summed E-state index contributed by atoms with van der Waals surface area (Å²) in [7, 11) is 0. The first-order chi connectivity index (χ1) is 5.04. The lowest BCUT2D eigenvalue weighted by Gasteiger charge is -2.06. The van der Waals surface area contributed by atoms with E-state index in [-0.39, 0.29) is 4.48 Å². The number of urea groups is 1. The monoisotopic (exact) mass is 218 g/mol. The van der Waals surface area contributed by atoms with Gasteiger partial charge in [0.1, 0.15) is 0 Å².